The Morgan fingerprint density at radius 3 is 2.75 bits per heavy atom. The van der Waals surface area contributed by atoms with Crippen LogP contribution in [-0.4, -0.2) is 39.8 Å². The molecule has 2 atom stereocenters. The number of allylic oxidation sites excluding steroid dienone is 2. The van der Waals surface area contributed by atoms with Crippen LogP contribution in [0.4, 0.5) is 8.78 Å². The minimum atomic E-state index is -1.74. The van der Waals surface area contributed by atoms with Gasteiger partial charge in [-0.3, -0.25) is 4.90 Å². The highest BCUT2D eigenvalue weighted by Crippen LogP contribution is 2.31. The predicted molar refractivity (Wildman–Crippen MR) is 90.2 cm³/mol. The van der Waals surface area contributed by atoms with Gasteiger partial charge in [-0.05, 0) is 58.4 Å². The molecule has 0 N–H and O–H groups in total. The summed E-state index contributed by atoms with van der Waals surface area (Å²) in [5, 5.41) is 4.08. The third kappa shape index (κ3) is 4.50. The molecule has 4 nitrogen and oxygen atoms in total. The van der Waals surface area contributed by atoms with E-state index >= 15 is 0 Å². The zero-order valence-corrected chi connectivity index (χ0v) is 14.8. The van der Waals surface area contributed by atoms with Crippen molar-refractivity contribution in [2.45, 2.75) is 64.1 Å². The van der Waals surface area contributed by atoms with Crippen LogP contribution in [-0.2, 0) is 6.42 Å². The molecule has 1 aromatic heterocycles. The first-order valence-electron chi connectivity index (χ1n) is 8.63. The Morgan fingerprint density at radius 2 is 2.17 bits per heavy atom. The lowest BCUT2D eigenvalue weighted by molar-refractivity contribution is 0.0614. The molecule has 1 aromatic rings. The Kier molecular flexibility index (Phi) is 6.27. The van der Waals surface area contributed by atoms with E-state index in [9.17, 15) is 8.78 Å². The first kappa shape index (κ1) is 18.8. The van der Waals surface area contributed by atoms with E-state index < -0.39 is 17.5 Å². The molecule has 0 aliphatic carbocycles. The number of nitrogens with zero attached hydrogens (tertiary/aromatic N) is 3. The molecular formula is C18H27F2N3O. The summed E-state index contributed by atoms with van der Waals surface area (Å²) < 4.78 is 33.4. The number of likely N-dealkylation sites (tertiary alicyclic amines) is 1. The van der Waals surface area contributed by atoms with Gasteiger partial charge in [-0.2, -0.15) is 4.98 Å². The second-order valence-electron chi connectivity index (χ2n) is 6.67. The van der Waals surface area contributed by atoms with Crippen molar-refractivity contribution in [1.82, 2.24) is 15.0 Å². The van der Waals surface area contributed by atoms with Gasteiger partial charge >= 0.3 is 0 Å². The van der Waals surface area contributed by atoms with Crippen LogP contribution in [0.15, 0.2) is 29.1 Å². The highest BCUT2D eigenvalue weighted by molar-refractivity contribution is 5.16. The average molecular weight is 339 g/mol. The molecule has 2 rings (SSSR count). The van der Waals surface area contributed by atoms with Gasteiger partial charge in [-0.1, -0.05) is 18.7 Å². The number of hydrogen-bond donors (Lipinski definition) is 0. The van der Waals surface area contributed by atoms with E-state index in [2.05, 4.69) is 28.5 Å². The third-order valence-electron chi connectivity index (χ3n) is 4.82. The van der Waals surface area contributed by atoms with Gasteiger partial charge in [-0.15, -0.1) is 0 Å². The van der Waals surface area contributed by atoms with Crippen LogP contribution in [0.25, 0.3) is 0 Å². The molecule has 1 unspecified atom stereocenters. The molecule has 2 heterocycles. The molecule has 1 fully saturated rings. The highest BCUT2D eigenvalue weighted by atomic mass is 19.1. The Labute approximate surface area is 142 Å². The molecule has 24 heavy (non-hydrogen) atoms. The van der Waals surface area contributed by atoms with Gasteiger partial charge in [0.25, 0.3) is 0 Å². The maximum atomic E-state index is 14.8. The molecular weight excluding hydrogens is 312 g/mol. The molecule has 1 saturated heterocycles. The molecule has 0 amide bonds. The van der Waals surface area contributed by atoms with Crippen molar-refractivity contribution in [2.24, 2.45) is 0 Å². The summed E-state index contributed by atoms with van der Waals surface area (Å²) >= 11 is 0. The Balaban J connectivity index is 1.95. The molecule has 1 aliphatic heterocycles. The van der Waals surface area contributed by atoms with E-state index in [1.54, 1.807) is 6.92 Å². The van der Waals surface area contributed by atoms with Crippen LogP contribution in [0.1, 0.15) is 57.7 Å². The molecule has 0 radical (unpaired) electrons. The maximum absolute atomic E-state index is 14.8. The number of halogens is 2. The van der Waals surface area contributed by atoms with Crippen LogP contribution >= 0.6 is 0 Å². The molecule has 0 aromatic carbocycles. The van der Waals surface area contributed by atoms with E-state index in [-0.39, 0.29) is 5.92 Å². The first-order valence-corrected chi connectivity index (χ1v) is 8.63. The lowest BCUT2D eigenvalue weighted by Gasteiger charge is -2.39. The minimum Gasteiger partial charge on any atom is -0.339 e. The van der Waals surface area contributed by atoms with E-state index in [0.29, 0.717) is 5.89 Å². The maximum Gasteiger partial charge on any atom is 0.226 e. The Morgan fingerprint density at radius 1 is 1.50 bits per heavy atom. The van der Waals surface area contributed by atoms with Crippen LogP contribution in [0, 0.1) is 0 Å². The van der Waals surface area contributed by atoms with Crippen LogP contribution in [0.2, 0.25) is 0 Å². The van der Waals surface area contributed by atoms with Crippen molar-refractivity contribution in [3.05, 3.63) is 36.3 Å². The number of aryl methyl sites for hydroxylation is 1. The van der Waals surface area contributed by atoms with Crippen LogP contribution < -0.4 is 0 Å². The summed E-state index contributed by atoms with van der Waals surface area (Å²) in [5.74, 6) is 1.06. The zero-order valence-electron chi connectivity index (χ0n) is 14.8. The average Bonchev–Trinajstić information content (AvgIpc) is 3.03. The number of alkyl halides is 1. The highest BCUT2D eigenvalue weighted by Gasteiger charge is 2.36. The normalized spacial score (nSPS) is 21.5. The third-order valence-corrected chi connectivity index (χ3v) is 4.82. The molecule has 6 heteroatoms. The van der Waals surface area contributed by atoms with Gasteiger partial charge in [0.2, 0.25) is 5.89 Å². The monoisotopic (exact) mass is 339 g/mol. The SMILES string of the molecule is C=C/C(F)=C\C(C)(F)[C@H](C)N1CCC(c2noc(CCC)n2)CC1. The van der Waals surface area contributed by atoms with Gasteiger partial charge < -0.3 is 4.52 Å². The van der Waals surface area contributed by atoms with Gasteiger partial charge in [0.05, 0.1) is 0 Å². The van der Waals surface area contributed by atoms with Crippen LogP contribution in [0.3, 0.4) is 0 Å². The van der Waals surface area contributed by atoms with Crippen LogP contribution in [0.5, 0.6) is 0 Å². The molecule has 0 saturated carbocycles. The lowest BCUT2D eigenvalue weighted by Crippen LogP contribution is -2.48. The van der Waals surface area contributed by atoms with Gasteiger partial charge in [-0.25, -0.2) is 8.78 Å². The van der Waals surface area contributed by atoms with Crippen molar-refractivity contribution in [3.63, 3.8) is 0 Å². The quantitative estimate of drug-likeness (QED) is 0.692. The number of aromatic nitrogens is 2. The fraction of sp³-hybridized carbons (Fsp3) is 0.667. The minimum absolute atomic E-state index is 0.245. The van der Waals surface area contributed by atoms with E-state index in [0.717, 1.165) is 56.7 Å². The summed E-state index contributed by atoms with van der Waals surface area (Å²) in [4.78, 5) is 6.50. The lowest BCUT2D eigenvalue weighted by atomic mass is 9.91. The molecule has 134 valence electrons. The molecule has 0 bridgehead atoms. The number of hydrogen-bond acceptors (Lipinski definition) is 4. The standard InChI is InChI=1S/C18H27F2N3O/c1-5-7-16-21-17(22-24-16)14-8-10-23(11-9-14)13(3)18(4,20)12-15(19)6-2/h6,12-14H,2,5,7-11H2,1,3-4H3/b15-12+/t13-,18?/m0/s1. The van der Waals surface area contributed by atoms with E-state index in [1.165, 1.54) is 6.92 Å². The Hall–Kier alpha value is -1.56. The summed E-state index contributed by atoms with van der Waals surface area (Å²) in [6.45, 7) is 10.1. The predicted octanol–water partition coefficient (Wildman–Crippen LogP) is 4.36. The summed E-state index contributed by atoms with van der Waals surface area (Å²) in [6, 6.07) is -0.412. The zero-order chi connectivity index (χ0) is 17.7. The van der Waals surface area contributed by atoms with Gasteiger partial charge in [0.15, 0.2) is 5.82 Å². The van der Waals surface area contributed by atoms with E-state index in [4.69, 9.17) is 4.52 Å². The summed E-state index contributed by atoms with van der Waals surface area (Å²) in [5.41, 5.74) is -1.74. The van der Waals surface area contributed by atoms with Gasteiger partial charge in [0, 0.05) is 18.4 Å². The smallest absolute Gasteiger partial charge is 0.226 e. The fourth-order valence-electron chi connectivity index (χ4n) is 3.10. The topological polar surface area (TPSA) is 42.2 Å². The second-order valence-corrected chi connectivity index (χ2v) is 6.67. The van der Waals surface area contributed by atoms with Crippen molar-refractivity contribution in [2.75, 3.05) is 13.1 Å². The first-order chi connectivity index (χ1) is 11.4. The van der Waals surface area contributed by atoms with Crippen molar-refractivity contribution in [1.29, 1.82) is 0 Å². The summed E-state index contributed by atoms with van der Waals surface area (Å²) in [6.07, 6.45) is 5.50. The number of rotatable bonds is 7. The van der Waals surface area contributed by atoms with Crippen molar-refractivity contribution < 1.29 is 13.3 Å². The van der Waals surface area contributed by atoms with Crippen molar-refractivity contribution >= 4 is 0 Å². The largest absolute Gasteiger partial charge is 0.339 e. The fourth-order valence-corrected chi connectivity index (χ4v) is 3.10. The molecule has 0 spiro atoms. The van der Waals surface area contributed by atoms with Crippen molar-refractivity contribution in [3.8, 4) is 0 Å². The van der Waals surface area contributed by atoms with E-state index in [1.807, 2.05) is 0 Å². The van der Waals surface area contributed by atoms with Gasteiger partial charge in [0.1, 0.15) is 11.5 Å². The Bertz CT molecular complexity index is 575. The molecule has 1 aliphatic rings. The summed E-state index contributed by atoms with van der Waals surface area (Å²) in [7, 11) is 0. The second kappa shape index (κ2) is 8.01. The number of piperidine rings is 1.